The molecule has 0 fully saturated rings. The number of hydrogen-bond acceptors (Lipinski definition) is 8. The van der Waals surface area contributed by atoms with E-state index in [0.717, 1.165) is 12.1 Å². The maximum atomic E-state index is 14.1. The number of pyridine rings is 1. The average molecular weight is 542 g/mol. The van der Waals surface area contributed by atoms with Gasteiger partial charge in [0.05, 0.1) is 26.3 Å². The molecule has 0 spiro atoms. The number of carbonyl (C=O) groups is 2. The first kappa shape index (κ1) is 24.7. The number of benzene rings is 1. The summed E-state index contributed by atoms with van der Waals surface area (Å²) in [6.07, 6.45) is -0.647. The molecule has 0 aliphatic rings. The van der Waals surface area contributed by atoms with Gasteiger partial charge in [-0.05, 0) is 57.5 Å². The SMILES string of the molecule is [2H]C([2H])([2H])N(Cc1nn(C)c([N+]#[C-])c1-c1cnc(N)c(OC(C)c2cc(F)ccc2C(=O)OC)c1)C(=O)OC(C)(C)C. The number of amides is 1. The van der Waals surface area contributed by atoms with Gasteiger partial charge in [-0.2, -0.15) is 0 Å². The first-order chi connectivity index (χ1) is 19.5. The maximum Gasteiger partial charge on any atom is 0.410 e. The normalized spacial score (nSPS) is 13.3. The van der Waals surface area contributed by atoms with Gasteiger partial charge in [-0.3, -0.25) is 0 Å². The Bertz CT molecular complexity index is 1540. The molecule has 3 rings (SSSR count). The Morgan fingerprint density at radius 2 is 2.05 bits per heavy atom. The lowest BCUT2D eigenvalue weighted by Crippen LogP contribution is -2.34. The van der Waals surface area contributed by atoms with Gasteiger partial charge in [-0.15, -0.1) is 5.10 Å². The fraction of sp³-hybridized carbons (Fsp3) is 0.370. The summed E-state index contributed by atoms with van der Waals surface area (Å²) >= 11 is 0. The molecular weight excluding hydrogens is 507 g/mol. The van der Waals surface area contributed by atoms with Crippen molar-refractivity contribution >= 4 is 23.7 Å². The van der Waals surface area contributed by atoms with Crippen LogP contribution in [0.2, 0.25) is 0 Å². The van der Waals surface area contributed by atoms with Crippen LogP contribution in [-0.2, 0) is 23.1 Å². The van der Waals surface area contributed by atoms with Crippen molar-refractivity contribution in [1.29, 1.82) is 0 Å². The second-order valence-electron chi connectivity index (χ2n) is 9.54. The van der Waals surface area contributed by atoms with Crippen LogP contribution in [-0.4, -0.2) is 51.4 Å². The third kappa shape index (κ3) is 6.62. The predicted molar refractivity (Wildman–Crippen MR) is 142 cm³/mol. The summed E-state index contributed by atoms with van der Waals surface area (Å²) in [5.74, 6) is -1.27. The molecule has 0 saturated carbocycles. The van der Waals surface area contributed by atoms with E-state index in [4.69, 9.17) is 30.6 Å². The lowest BCUT2D eigenvalue weighted by molar-refractivity contribution is 0.0283. The minimum atomic E-state index is -2.89. The molecule has 12 heteroatoms. The third-order valence-corrected chi connectivity index (χ3v) is 5.45. The van der Waals surface area contributed by atoms with Crippen molar-refractivity contribution in [3.05, 3.63) is 64.5 Å². The zero-order valence-electron chi connectivity index (χ0n) is 25.4. The van der Waals surface area contributed by atoms with Gasteiger partial charge in [0.2, 0.25) is 0 Å². The van der Waals surface area contributed by atoms with Crippen molar-refractivity contribution in [2.75, 3.05) is 19.8 Å². The van der Waals surface area contributed by atoms with Crippen LogP contribution in [0.3, 0.4) is 0 Å². The van der Waals surface area contributed by atoms with Crippen molar-refractivity contribution < 1.29 is 32.3 Å². The number of nitrogens with zero attached hydrogens (tertiary/aromatic N) is 5. The minimum Gasteiger partial charge on any atom is -0.482 e. The molecule has 206 valence electrons. The zero-order valence-corrected chi connectivity index (χ0v) is 22.4. The van der Waals surface area contributed by atoms with Crippen LogP contribution in [0.1, 0.15) is 59.5 Å². The van der Waals surface area contributed by atoms with E-state index in [0.29, 0.717) is 4.90 Å². The number of rotatable bonds is 7. The van der Waals surface area contributed by atoms with Crippen LogP contribution in [0.4, 0.5) is 20.8 Å². The Kier molecular flexibility index (Phi) is 7.20. The highest BCUT2D eigenvalue weighted by molar-refractivity contribution is 5.91. The molecule has 2 aromatic heterocycles. The molecule has 0 aliphatic carbocycles. The van der Waals surface area contributed by atoms with Crippen molar-refractivity contribution in [3.8, 4) is 16.9 Å². The Morgan fingerprint density at radius 3 is 2.67 bits per heavy atom. The van der Waals surface area contributed by atoms with E-state index in [1.807, 2.05) is 0 Å². The van der Waals surface area contributed by atoms with Gasteiger partial charge in [0.25, 0.3) is 5.82 Å². The van der Waals surface area contributed by atoms with E-state index in [9.17, 15) is 14.0 Å². The van der Waals surface area contributed by atoms with E-state index in [1.54, 1.807) is 27.7 Å². The Balaban J connectivity index is 2.07. The molecule has 1 atom stereocenters. The van der Waals surface area contributed by atoms with Crippen LogP contribution < -0.4 is 10.5 Å². The quantitative estimate of drug-likeness (QED) is 0.325. The van der Waals surface area contributed by atoms with Gasteiger partial charge in [-0.25, -0.2) is 23.6 Å². The second-order valence-corrected chi connectivity index (χ2v) is 9.54. The van der Waals surface area contributed by atoms with E-state index in [1.165, 1.54) is 37.2 Å². The maximum absolute atomic E-state index is 14.1. The van der Waals surface area contributed by atoms with Crippen molar-refractivity contribution in [1.82, 2.24) is 19.7 Å². The molecule has 0 bridgehead atoms. The highest BCUT2D eigenvalue weighted by Gasteiger charge is 2.26. The molecule has 1 unspecified atom stereocenters. The molecule has 1 amide bonds. The summed E-state index contributed by atoms with van der Waals surface area (Å²) in [5.41, 5.74) is 5.94. The molecule has 2 N–H and O–H groups in total. The predicted octanol–water partition coefficient (Wildman–Crippen LogP) is 5.05. The van der Waals surface area contributed by atoms with E-state index < -0.39 is 43.1 Å². The molecule has 2 heterocycles. The minimum absolute atomic E-state index is 0.0309. The van der Waals surface area contributed by atoms with E-state index in [-0.39, 0.29) is 45.3 Å². The molecule has 0 aliphatic heterocycles. The van der Waals surface area contributed by atoms with Crippen LogP contribution in [0.15, 0.2) is 30.5 Å². The molecule has 3 aromatic rings. The van der Waals surface area contributed by atoms with Gasteiger partial charge in [-0.1, -0.05) is 6.57 Å². The largest absolute Gasteiger partial charge is 0.482 e. The number of aryl methyl sites for hydroxylation is 1. The van der Waals surface area contributed by atoms with Crippen molar-refractivity contribution in [3.63, 3.8) is 0 Å². The van der Waals surface area contributed by atoms with Gasteiger partial charge in [0.1, 0.15) is 23.2 Å². The fourth-order valence-corrected chi connectivity index (χ4v) is 3.74. The number of carbonyl (C=O) groups excluding carboxylic acids is 2. The average Bonchev–Trinajstić information content (AvgIpc) is 3.20. The summed E-state index contributed by atoms with van der Waals surface area (Å²) in [6, 6.07) is 4.99. The summed E-state index contributed by atoms with van der Waals surface area (Å²) in [7, 11) is 2.69. The Labute approximate surface area is 230 Å². The number of nitrogen functional groups attached to an aromatic ring is 1. The highest BCUT2D eigenvalue weighted by Crippen LogP contribution is 2.38. The van der Waals surface area contributed by atoms with Crippen molar-refractivity contribution in [2.45, 2.75) is 45.9 Å². The number of esters is 1. The fourth-order valence-electron chi connectivity index (χ4n) is 3.74. The van der Waals surface area contributed by atoms with Gasteiger partial charge >= 0.3 is 12.1 Å². The van der Waals surface area contributed by atoms with Gasteiger partial charge < -0.3 is 29.7 Å². The summed E-state index contributed by atoms with van der Waals surface area (Å²) < 4.78 is 55.1. The van der Waals surface area contributed by atoms with Crippen LogP contribution in [0, 0.1) is 12.4 Å². The lowest BCUT2D eigenvalue weighted by Gasteiger charge is -2.24. The lowest BCUT2D eigenvalue weighted by atomic mass is 10.0. The molecular formula is C27H31FN6O5. The van der Waals surface area contributed by atoms with E-state index >= 15 is 0 Å². The second kappa shape index (κ2) is 11.4. The van der Waals surface area contributed by atoms with Crippen LogP contribution in [0.5, 0.6) is 5.75 Å². The number of aromatic nitrogens is 3. The number of ether oxygens (including phenoxy) is 3. The number of halogens is 1. The van der Waals surface area contributed by atoms with Crippen LogP contribution in [0.25, 0.3) is 16.0 Å². The smallest absolute Gasteiger partial charge is 0.410 e. The Hall–Kier alpha value is -4.66. The number of anilines is 1. The first-order valence-corrected chi connectivity index (χ1v) is 11.7. The van der Waals surface area contributed by atoms with Crippen LogP contribution >= 0.6 is 0 Å². The summed E-state index contributed by atoms with van der Waals surface area (Å²) in [4.78, 5) is 33.3. The van der Waals surface area contributed by atoms with Gasteiger partial charge in [0.15, 0.2) is 11.6 Å². The van der Waals surface area contributed by atoms with E-state index in [2.05, 4.69) is 14.9 Å². The Morgan fingerprint density at radius 1 is 1.33 bits per heavy atom. The standard InChI is InChI=1S/C27H31FN6O5/c1-15(19-12-17(28)9-10-18(19)25(35)37-8)38-21-11-16(13-31-23(21)29)22-20(32-34(7)24(22)30-5)14-33(6)26(36)39-27(2,3)4/h9-13,15H,14H2,1-4,6-8H3,(H2,29,31)/i6D3. The zero-order chi connectivity index (χ0) is 31.6. The third-order valence-electron chi connectivity index (χ3n) is 5.45. The number of hydrogen-bond donors (Lipinski definition) is 1. The summed E-state index contributed by atoms with van der Waals surface area (Å²) in [5, 5.41) is 4.31. The number of nitrogens with two attached hydrogens (primary N) is 1. The topological polar surface area (TPSA) is 126 Å². The van der Waals surface area contributed by atoms with Crippen molar-refractivity contribution in [2.24, 2.45) is 7.05 Å². The first-order valence-electron chi connectivity index (χ1n) is 13.2. The molecule has 0 saturated heterocycles. The number of methoxy groups -OCH3 is 1. The molecule has 39 heavy (non-hydrogen) atoms. The molecule has 0 radical (unpaired) electrons. The molecule has 1 aromatic carbocycles. The highest BCUT2D eigenvalue weighted by atomic mass is 19.1. The summed E-state index contributed by atoms with van der Waals surface area (Å²) in [6.45, 7) is 10.7. The molecule has 11 nitrogen and oxygen atoms in total. The van der Waals surface area contributed by atoms with Gasteiger partial charge in [0, 0.05) is 28.4 Å². The monoisotopic (exact) mass is 541 g/mol.